The number of hydrogen-bond acceptors (Lipinski definition) is 2. The van der Waals surface area contributed by atoms with Gasteiger partial charge in [0.05, 0.1) is 0 Å². The van der Waals surface area contributed by atoms with Crippen molar-refractivity contribution in [1.82, 2.24) is 9.80 Å². The van der Waals surface area contributed by atoms with E-state index in [1.165, 1.54) is 19.3 Å². The lowest BCUT2D eigenvalue weighted by Gasteiger charge is -2.27. The molecule has 0 aromatic rings. The highest BCUT2D eigenvalue weighted by molar-refractivity contribution is 5.75. The summed E-state index contributed by atoms with van der Waals surface area (Å²) >= 11 is 0. The second-order valence-corrected chi connectivity index (χ2v) is 6.55. The third kappa shape index (κ3) is 4.61. The Balaban J connectivity index is 1.82. The average Bonchev–Trinajstić information content (AvgIpc) is 2.76. The van der Waals surface area contributed by atoms with Crippen LogP contribution in [0.25, 0.3) is 0 Å². The molecule has 2 amide bonds. The summed E-state index contributed by atoms with van der Waals surface area (Å²) in [5.74, 6) is 0.142. The minimum Gasteiger partial charge on any atom is -0.481 e. The Labute approximate surface area is 127 Å². The Morgan fingerprint density at radius 2 is 1.76 bits per heavy atom. The minimum absolute atomic E-state index is 0.125. The summed E-state index contributed by atoms with van der Waals surface area (Å²) in [5.41, 5.74) is 0. The lowest BCUT2D eigenvalue weighted by atomic mass is 9.96. The van der Waals surface area contributed by atoms with E-state index in [0.29, 0.717) is 13.1 Å². The largest absolute Gasteiger partial charge is 0.481 e. The molecular weight excluding hydrogens is 268 g/mol. The number of carbonyl (C=O) groups excluding carboxylic acids is 1. The first-order valence-electron chi connectivity index (χ1n) is 8.35. The lowest BCUT2D eigenvalue weighted by Crippen LogP contribution is -2.42. The zero-order valence-electron chi connectivity index (χ0n) is 13.1. The maximum atomic E-state index is 12.6. The van der Waals surface area contributed by atoms with Gasteiger partial charge in [0, 0.05) is 32.6 Å². The Morgan fingerprint density at radius 3 is 2.48 bits per heavy atom. The molecule has 0 spiro atoms. The predicted octanol–water partition coefficient (Wildman–Crippen LogP) is 2.81. The molecule has 2 aliphatic rings. The Morgan fingerprint density at radius 1 is 1.05 bits per heavy atom. The molecule has 2 atom stereocenters. The molecule has 0 radical (unpaired) electrons. The molecule has 0 aromatic heterocycles. The van der Waals surface area contributed by atoms with Gasteiger partial charge in [0.25, 0.3) is 0 Å². The van der Waals surface area contributed by atoms with Crippen LogP contribution in [-0.2, 0) is 4.79 Å². The molecule has 2 rings (SSSR count). The van der Waals surface area contributed by atoms with Crippen molar-refractivity contribution in [1.29, 1.82) is 0 Å². The fourth-order valence-corrected chi connectivity index (χ4v) is 3.67. The number of urea groups is 1. The van der Waals surface area contributed by atoms with Crippen molar-refractivity contribution in [2.75, 3.05) is 26.2 Å². The Kier molecular flexibility index (Phi) is 5.88. The van der Waals surface area contributed by atoms with Crippen LogP contribution in [0.15, 0.2) is 0 Å². The van der Waals surface area contributed by atoms with Crippen molar-refractivity contribution in [3.05, 3.63) is 0 Å². The van der Waals surface area contributed by atoms with Crippen molar-refractivity contribution in [2.45, 2.75) is 51.9 Å². The molecule has 1 N–H and O–H groups in total. The third-order valence-electron chi connectivity index (χ3n) is 4.83. The monoisotopic (exact) mass is 296 g/mol. The molecule has 5 heteroatoms. The first kappa shape index (κ1) is 16.1. The highest BCUT2D eigenvalue weighted by atomic mass is 16.4. The van der Waals surface area contributed by atoms with E-state index < -0.39 is 5.97 Å². The molecule has 120 valence electrons. The highest BCUT2D eigenvalue weighted by Gasteiger charge is 2.31. The number of hydrogen-bond donors (Lipinski definition) is 1. The van der Waals surface area contributed by atoms with Gasteiger partial charge in [-0.2, -0.15) is 0 Å². The summed E-state index contributed by atoms with van der Waals surface area (Å²) in [5, 5.41) is 8.85. The van der Waals surface area contributed by atoms with Crippen LogP contribution in [0.4, 0.5) is 4.79 Å². The van der Waals surface area contributed by atoms with Crippen LogP contribution in [0.1, 0.15) is 51.9 Å². The maximum Gasteiger partial charge on any atom is 0.320 e. The van der Waals surface area contributed by atoms with Crippen LogP contribution in [0.5, 0.6) is 0 Å². The number of nitrogens with zero attached hydrogens (tertiary/aromatic N) is 2. The summed E-state index contributed by atoms with van der Waals surface area (Å²) in [6.45, 7) is 5.27. The van der Waals surface area contributed by atoms with E-state index in [0.717, 1.165) is 38.3 Å². The SMILES string of the molecule is CCCC1CCCN(C(=O)N2CCC(CC(=O)O)C2)CC1. The van der Waals surface area contributed by atoms with Gasteiger partial charge >= 0.3 is 12.0 Å². The van der Waals surface area contributed by atoms with Gasteiger partial charge in [-0.1, -0.05) is 19.8 Å². The summed E-state index contributed by atoms with van der Waals surface area (Å²) in [6.07, 6.45) is 6.95. The molecule has 2 aliphatic heterocycles. The average molecular weight is 296 g/mol. The van der Waals surface area contributed by atoms with Crippen molar-refractivity contribution < 1.29 is 14.7 Å². The van der Waals surface area contributed by atoms with Crippen molar-refractivity contribution >= 4 is 12.0 Å². The molecule has 0 bridgehead atoms. The van der Waals surface area contributed by atoms with Crippen LogP contribution in [-0.4, -0.2) is 53.1 Å². The summed E-state index contributed by atoms with van der Waals surface area (Å²) in [6, 6.07) is 0.125. The molecule has 21 heavy (non-hydrogen) atoms. The molecule has 2 fully saturated rings. The molecule has 0 aromatic carbocycles. The maximum absolute atomic E-state index is 12.6. The van der Waals surface area contributed by atoms with Gasteiger partial charge < -0.3 is 14.9 Å². The lowest BCUT2D eigenvalue weighted by molar-refractivity contribution is -0.138. The third-order valence-corrected chi connectivity index (χ3v) is 4.83. The molecule has 0 saturated carbocycles. The second-order valence-electron chi connectivity index (χ2n) is 6.55. The number of rotatable bonds is 4. The summed E-state index contributed by atoms with van der Waals surface area (Å²) in [4.78, 5) is 27.2. The molecule has 2 unspecified atom stereocenters. The molecule has 2 saturated heterocycles. The minimum atomic E-state index is -0.758. The number of carboxylic acids is 1. The number of carbonyl (C=O) groups is 2. The summed E-state index contributed by atoms with van der Waals surface area (Å²) < 4.78 is 0. The molecular formula is C16H28N2O3. The first-order chi connectivity index (χ1) is 10.1. The normalized spacial score (nSPS) is 26.7. The van der Waals surface area contributed by atoms with E-state index in [-0.39, 0.29) is 18.4 Å². The quantitative estimate of drug-likeness (QED) is 0.867. The second kappa shape index (κ2) is 7.66. The fourth-order valence-electron chi connectivity index (χ4n) is 3.67. The van der Waals surface area contributed by atoms with Crippen LogP contribution in [0.2, 0.25) is 0 Å². The smallest absolute Gasteiger partial charge is 0.320 e. The van der Waals surface area contributed by atoms with Gasteiger partial charge in [-0.25, -0.2) is 4.79 Å². The van der Waals surface area contributed by atoms with E-state index in [1.54, 1.807) is 0 Å². The van der Waals surface area contributed by atoms with Crippen LogP contribution in [0.3, 0.4) is 0 Å². The zero-order chi connectivity index (χ0) is 15.2. The fraction of sp³-hybridized carbons (Fsp3) is 0.875. The van der Waals surface area contributed by atoms with Crippen molar-refractivity contribution in [3.8, 4) is 0 Å². The topological polar surface area (TPSA) is 60.9 Å². The van der Waals surface area contributed by atoms with Crippen LogP contribution >= 0.6 is 0 Å². The van der Waals surface area contributed by atoms with Crippen LogP contribution < -0.4 is 0 Å². The van der Waals surface area contributed by atoms with Crippen molar-refractivity contribution in [2.24, 2.45) is 11.8 Å². The Hall–Kier alpha value is -1.26. The first-order valence-corrected chi connectivity index (χ1v) is 8.35. The number of amides is 2. The number of aliphatic carboxylic acids is 1. The number of carboxylic acid groups (broad SMARTS) is 1. The van der Waals surface area contributed by atoms with Gasteiger partial charge in [0.2, 0.25) is 0 Å². The van der Waals surface area contributed by atoms with E-state index in [4.69, 9.17) is 5.11 Å². The highest BCUT2D eigenvalue weighted by Crippen LogP contribution is 2.25. The van der Waals surface area contributed by atoms with Gasteiger partial charge in [0.15, 0.2) is 0 Å². The van der Waals surface area contributed by atoms with E-state index in [1.807, 2.05) is 9.80 Å². The van der Waals surface area contributed by atoms with Crippen LogP contribution in [0, 0.1) is 11.8 Å². The molecule has 2 heterocycles. The van der Waals surface area contributed by atoms with Crippen molar-refractivity contribution in [3.63, 3.8) is 0 Å². The standard InChI is InChI=1S/C16H28N2O3/c1-2-4-13-5-3-8-17(9-6-13)16(21)18-10-7-14(12-18)11-15(19)20/h13-14H,2-12H2,1H3,(H,19,20). The molecule has 5 nitrogen and oxygen atoms in total. The number of likely N-dealkylation sites (tertiary alicyclic amines) is 2. The zero-order valence-corrected chi connectivity index (χ0v) is 13.1. The predicted molar refractivity (Wildman–Crippen MR) is 81.2 cm³/mol. The van der Waals surface area contributed by atoms with E-state index in [9.17, 15) is 9.59 Å². The van der Waals surface area contributed by atoms with Gasteiger partial charge in [-0.3, -0.25) is 4.79 Å². The molecule has 0 aliphatic carbocycles. The van der Waals surface area contributed by atoms with Gasteiger partial charge in [-0.15, -0.1) is 0 Å². The van der Waals surface area contributed by atoms with E-state index in [2.05, 4.69) is 6.92 Å². The Bertz CT molecular complexity index is 373. The van der Waals surface area contributed by atoms with E-state index >= 15 is 0 Å². The van der Waals surface area contributed by atoms with Gasteiger partial charge in [-0.05, 0) is 37.5 Å². The summed E-state index contributed by atoms with van der Waals surface area (Å²) in [7, 11) is 0. The van der Waals surface area contributed by atoms with Gasteiger partial charge in [0.1, 0.15) is 0 Å².